The van der Waals surface area contributed by atoms with Crippen molar-refractivity contribution >= 4 is 10.9 Å². The zero-order valence-electron chi connectivity index (χ0n) is 18.5. The number of rotatable bonds is 6. The van der Waals surface area contributed by atoms with Crippen molar-refractivity contribution in [1.82, 2.24) is 24.7 Å². The molecule has 0 saturated carbocycles. The van der Waals surface area contributed by atoms with E-state index >= 15 is 0 Å². The maximum atomic E-state index is 10.7. The molecular formula is C26H25N5O2. The van der Waals surface area contributed by atoms with Crippen molar-refractivity contribution < 1.29 is 10.2 Å². The largest absolute Gasteiger partial charge is 0.508 e. The van der Waals surface area contributed by atoms with Gasteiger partial charge in [0, 0.05) is 47.7 Å². The molecule has 3 N–H and O–H groups in total. The van der Waals surface area contributed by atoms with Crippen molar-refractivity contribution in [3.63, 3.8) is 0 Å². The van der Waals surface area contributed by atoms with Crippen molar-refractivity contribution in [1.29, 1.82) is 0 Å². The van der Waals surface area contributed by atoms with Crippen LogP contribution < -0.4 is 0 Å². The smallest absolute Gasteiger partial charge is 0.172 e. The van der Waals surface area contributed by atoms with Crippen LogP contribution in [0.2, 0.25) is 0 Å². The number of benzene rings is 2. The van der Waals surface area contributed by atoms with Gasteiger partial charge >= 0.3 is 0 Å². The molecule has 0 atom stereocenters. The molecule has 0 bridgehead atoms. The van der Waals surface area contributed by atoms with Crippen LogP contribution in [0.15, 0.2) is 67.1 Å². The number of aromatic nitrogens is 5. The summed E-state index contributed by atoms with van der Waals surface area (Å²) in [5.74, 6) is 1.43. The molecule has 7 heteroatoms. The zero-order valence-corrected chi connectivity index (χ0v) is 18.5. The fourth-order valence-corrected chi connectivity index (χ4v) is 4.14. The Hall–Kier alpha value is -4.13. The molecule has 0 aliphatic rings. The standard InChI is InChI=1S/C26H25N5O2/c1-16(2)20-13-21(24(33)14-23(20)32)26-30-29-25(8-5-17-4-3-10-27-15-17)31(26)19-6-7-22-18(12-19)9-11-28-22/h3-4,6-7,9-16,28,32-33H,5,8H2,1-2H3. The van der Waals surface area contributed by atoms with Gasteiger partial charge in [-0.25, -0.2) is 0 Å². The lowest BCUT2D eigenvalue weighted by atomic mass is 9.98. The molecular weight excluding hydrogens is 414 g/mol. The highest BCUT2D eigenvalue weighted by Gasteiger charge is 2.21. The second-order valence-corrected chi connectivity index (χ2v) is 8.47. The highest BCUT2D eigenvalue weighted by Crippen LogP contribution is 2.38. The molecule has 0 aliphatic carbocycles. The van der Waals surface area contributed by atoms with Gasteiger partial charge in [-0.3, -0.25) is 9.55 Å². The van der Waals surface area contributed by atoms with Crippen LogP contribution in [0.25, 0.3) is 28.0 Å². The summed E-state index contributed by atoms with van der Waals surface area (Å²) in [4.78, 5) is 7.42. The first-order valence-electron chi connectivity index (χ1n) is 11.0. The van der Waals surface area contributed by atoms with E-state index in [1.54, 1.807) is 12.3 Å². The van der Waals surface area contributed by atoms with Crippen LogP contribution in [0.4, 0.5) is 0 Å². The number of nitrogens with one attached hydrogen (secondary N) is 1. The molecule has 0 radical (unpaired) electrons. The minimum Gasteiger partial charge on any atom is -0.508 e. The fraction of sp³-hybridized carbons (Fsp3) is 0.192. The van der Waals surface area contributed by atoms with E-state index in [2.05, 4.69) is 26.2 Å². The van der Waals surface area contributed by atoms with E-state index in [0.29, 0.717) is 17.8 Å². The molecule has 0 saturated heterocycles. The molecule has 33 heavy (non-hydrogen) atoms. The van der Waals surface area contributed by atoms with Gasteiger partial charge in [-0.2, -0.15) is 0 Å². The number of aromatic amines is 1. The summed E-state index contributed by atoms with van der Waals surface area (Å²) in [6, 6.07) is 15.3. The first kappa shape index (κ1) is 20.8. The van der Waals surface area contributed by atoms with Gasteiger partial charge in [0.15, 0.2) is 5.82 Å². The Kier molecular flexibility index (Phi) is 5.30. The lowest BCUT2D eigenvalue weighted by molar-refractivity contribution is 0.444. The van der Waals surface area contributed by atoms with Crippen LogP contribution in [0.3, 0.4) is 0 Å². The maximum absolute atomic E-state index is 10.7. The summed E-state index contributed by atoms with van der Waals surface area (Å²) < 4.78 is 1.99. The molecule has 0 amide bonds. The normalized spacial score (nSPS) is 11.5. The van der Waals surface area contributed by atoms with Crippen LogP contribution in [-0.2, 0) is 12.8 Å². The van der Waals surface area contributed by atoms with Crippen molar-refractivity contribution in [2.45, 2.75) is 32.6 Å². The lowest BCUT2D eigenvalue weighted by Crippen LogP contribution is -2.05. The summed E-state index contributed by atoms with van der Waals surface area (Å²) in [5, 5.41) is 31.1. The average molecular weight is 440 g/mol. The van der Waals surface area contributed by atoms with E-state index in [1.807, 2.05) is 61.1 Å². The molecule has 3 aromatic heterocycles. The number of hydrogen-bond donors (Lipinski definition) is 3. The van der Waals surface area contributed by atoms with E-state index in [0.717, 1.165) is 40.0 Å². The number of nitrogens with zero attached hydrogens (tertiary/aromatic N) is 4. The van der Waals surface area contributed by atoms with Crippen LogP contribution in [0.5, 0.6) is 11.5 Å². The maximum Gasteiger partial charge on any atom is 0.172 e. The van der Waals surface area contributed by atoms with Gasteiger partial charge in [-0.15, -0.1) is 10.2 Å². The lowest BCUT2D eigenvalue weighted by Gasteiger charge is -2.15. The minimum absolute atomic E-state index is 0.0351. The number of aryl methyl sites for hydroxylation is 2. The Morgan fingerprint density at radius 1 is 0.970 bits per heavy atom. The Labute approximate surface area is 191 Å². The van der Waals surface area contributed by atoms with Gasteiger partial charge in [-0.05, 0) is 59.9 Å². The summed E-state index contributed by atoms with van der Waals surface area (Å²) in [7, 11) is 0. The molecule has 2 aromatic carbocycles. The van der Waals surface area contributed by atoms with Crippen LogP contribution in [0, 0.1) is 0 Å². The predicted molar refractivity (Wildman–Crippen MR) is 128 cm³/mol. The number of H-pyrrole nitrogens is 1. The molecule has 5 aromatic rings. The number of phenolic OH excluding ortho intramolecular Hbond substituents is 2. The zero-order chi connectivity index (χ0) is 22.9. The summed E-state index contributed by atoms with van der Waals surface area (Å²) in [6.07, 6.45) is 6.94. The van der Waals surface area contributed by atoms with Crippen molar-refractivity contribution in [3.8, 4) is 28.6 Å². The van der Waals surface area contributed by atoms with Gasteiger partial charge < -0.3 is 15.2 Å². The second-order valence-electron chi connectivity index (χ2n) is 8.47. The van der Waals surface area contributed by atoms with Gasteiger partial charge in [0.1, 0.15) is 17.3 Å². The second kappa shape index (κ2) is 8.43. The third-order valence-corrected chi connectivity index (χ3v) is 5.89. The highest BCUT2D eigenvalue weighted by atomic mass is 16.3. The molecule has 166 valence electrons. The summed E-state index contributed by atoms with van der Waals surface area (Å²) in [6.45, 7) is 4.00. The van der Waals surface area contributed by atoms with E-state index in [9.17, 15) is 10.2 Å². The van der Waals surface area contributed by atoms with Crippen LogP contribution in [-0.4, -0.2) is 34.9 Å². The van der Waals surface area contributed by atoms with Crippen molar-refractivity contribution in [2.75, 3.05) is 0 Å². The molecule has 0 unspecified atom stereocenters. The number of aromatic hydroxyl groups is 2. The fourth-order valence-electron chi connectivity index (χ4n) is 4.14. The Bertz CT molecular complexity index is 1420. The number of pyridine rings is 1. The highest BCUT2D eigenvalue weighted by molar-refractivity contribution is 5.82. The molecule has 0 spiro atoms. The predicted octanol–water partition coefficient (Wildman–Crippen LogP) is 5.13. The Morgan fingerprint density at radius 3 is 2.64 bits per heavy atom. The molecule has 0 fully saturated rings. The first-order chi connectivity index (χ1) is 16.0. The van der Waals surface area contributed by atoms with Gasteiger partial charge in [0.05, 0.1) is 5.56 Å². The van der Waals surface area contributed by atoms with Crippen LogP contribution in [0.1, 0.15) is 36.7 Å². The number of hydrogen-bond acceptors (Lipinski definition) is 5. The summed E-state index contributed by atoms with van der Waals surface area (Å²) in [5.41, 5.74) is 4.34. The Morgan fingerprint density at radius 2 is 1.85 bits per heavy atom. The van der Waals surface area contributed by atoms with Gasteiger partial charge in [-0.1, -0.05) is 19.9 Å². The van der Waals surface area contributed by atoms with E-state index in [-0.39, 0.29) is 17.4 Å². The minimum atomic E-state index is -0.0351. The summed E-state index contributed by atoms with van der Waals surface area (Å²) >= 11 is 0. The SMILES string of the molecule is CC(C)c1cc(-c2nnc(CCc3cccnc3)n2-c2ccc3[nH]ccc3c2)c(O)cc1O. The Balaban J connectivity index is 1.65. The van der Waals surface area contributed by atoms with Crippen LogP contribution >= 0.6 is 0 Å². The monoisotopic (exact) mass is 439 g/mol. The van der Waals surface area contributed by atoms with Crippen molar-refractivity contribution in [2.24, 2.45) is 0 Å². The van der Waals surface area contributed by atoms with Crippen molar-refractivity contribution in [3.05, 3.63) is 84.1 Å². The first-order valence-corrected chi connectivity index (χ1v) is 11.0. The average Bonchev–Trinajstić information content (AvgIpc) is 3.44. The third kappa shape index (κ3) is 3.93. The van der Waals surface area contributed by atoms with E-state index in [1.165, 1.54) is 6.07 Å². The number of phenols is 2. The molecule has 7 nitrogen and oxygen atoms in total. The molecule has 3 heterocycles. The third-order valence-electron chi connectivity index (χ3n) is 5.89. The topological polar surface area (TPSA) is 99.9 Å². The molecule has 5 rings (SSSR count). The van der Waals surface area contributed by atoms with Gasteiger partial charge in [0.25, 0.3) is 0 Å². The van der Waals surface area contributed by atoms with E-state index < -0.39 is 0 Å². The molecule has 0 aliphatic heterocycles. The quantitative estimate of drug-likeness (QED) is 0.341. The van der Waals surface area contributed by atoms with E-state index in [4.69, 9.17) is 0 Å². The number of fused-ring (bicyclic) bond motifs is 1. The van der Waals surface area contributed by atoms with Gasteiger partial charge in [0.2, 0.25) is 0 Å².